The summed E-state index contributed by atoms with van der Waals surface area (Å²) in [5.41, 5.74) is 1.90. The Bertz CT molecular complexity index is 997. The summed E-state index contributed by atoms with van der Waals surface area (Å²) in [6.45, 7) is 0. The van der Waals surface area contributed by atoms with E-state index in [0.29, 0.717) is 6.42 Å². The van der Waals surface area contributed by atoms with Crippen LogP contribution in [0.4, 0.5) is 5.69 Å². The SMILES string of the molecule is O=C(Cc1cccc2ccccc12)Nc1ccc2sccc2c1. The van der Waals surface area contributed by atoms with Gasteiger partial charge in [0.2, 0.25) is 5.91 Å². The Kier molecular flexibility index (Phi) is 3.56. The number of amides is 1. The van der Waals surface area contributed by atoms with Gasteiger partial charge in [-0.05, 0) is 51.4 Å². The molecule has 112 valence electrons. The smallest absolute Gasteiger partial charge is 0.228 e. The van der Waals surface area contributed by atoms with E-state index in [4.69, 9.17) is 0 Å². The van der Waals surface area contributed by atoms with Gasteiger partial charge in [-0.15, -0.1) is 11.3 Å². The number of nitrogens with one attached hydrogen (secondary N) is 1. The number of carbonyl (C=O) groups is 1. The lowest BCUT2D eigenvalue weighted by molar-refractivity contribution is -0.115. The molecule has 4 rings (SSSR count). The third-order valence-electron chi connectivity index (χ3n) is 3.97. The molecule has 0 fully saturated rings. The average molecular weight is 317 g/mol. The first-order valence-electron chi connectivity index (χ1n) is 7.53. The summed E-state index contributed by atoms with van der Waals surface area (Å²) in [5, 5.41) is 8.53. The first kappa shape index (κ1) is 14.0. The van der Waals surface area contributed by atoms with Crippen LogP contribution in [0.2, 0.25) is 0 Å². The van der Waals surface area contributed by atoms with Gasteiger partial charge in [-0.25, -0.2) is 0 Å². The van der Waals surface area contributed by atoms with Crippen LogP contribution in [0, 0.1) is 0 Å². The molecule has 0 aliphatic carbocycles. The van der Waals surface area contributed by atoms with Crippen LogP contribution in [0.3, 0.4) is 0 Å². The lowest BCUT2D eigenvalue weighted by atomic mass is 10.0. The molecule has 0 bridgehead atoms. The van der Waals surface area contributed by atoms with E-state index in [2.05, 4.69) is 35.0 Å². The molecule has 2 nitrogen and oxygen atoms in total. The predicted octanol–water partition coefficient (Wildman–Crippen LogP) is 5.24. The average Bonchev–Trinajstić information content (AvgIpc) is 3.03. The molecule has 0 saturated heterocycles. The van der Waals surface area contributed by atoms with Crippen LogP contribution in [-0.4, -0.2) is 5.91 Å². The molecule has 0 atom stereocenters. The normalized spacial score (nSPS) is 11.0. The molecule has 1 amide bonds. The summed E-state index contributed by atoms with van der Waals surface area (Å²) >= 11 is 1.71. The molecular weight excluding hydrogens is 302 g/mol. The molecule has 0 radical (unpaired) electrons. The zero-order chi connectivity index (χ0) is 15.6. The first-order chi connectivity index (χ1) is 11.3. The number of carbonyl (C=O) groups excluding carboxylic acids is 1. The fourth-order valence-electron chi connectivity index (χ4n) is 2.87. The van der Waals surface area contributed by atoms with Gasteiger partial charge >= 0.3 is 0 Å². The van der Waals surface area contributed by atoms with Crippen LogP contribution in [0.5, 0.6) is 0 Å². The first-order valence-corrected chi connectivity index (χ1v) is 8.41. The van der Waals surface area contributed by atoms with Gasteiger partial charge in [0.05, 0.1) is 6.42 Å². The van der Waals surface area contributed by atoms with Crippen molar-refractivity contribution in [1.82, 2.24) is 0 Å². The highest BCUT2D eigenvalue weighted by Gasteiger charge is 2.08. The van der Waals surface area contributed by atoms with Crippen LogP contribution in [0.1, 0.15) is 5.56 Å². The number of hydrogen-bond acceptors (Lipinski definition) is 2. The third-order valence-corrected chi connectivity index (χ3v) is 4.86. The summed E-state index contributed by atoms with van der Waals surface area (Å²) < 4.78 is 1.23. The Hall–Kier alpha value is -2.65. The summed E-state index contributed by atoms with van der Waals surface area (Å²) in [6, 6.07) is 22.3. The van der Waals surface area contributed by atoms with E-state index in [1.54, 1.807) is 11.3 Å². The molecular formula is C20H15NOS. The molecule has 1 aromatic heterocycles. The number of rotatable bonds is 3. The maximum atomic E-state index is 12.4. The molecule has 1 heterocycles. The molecule has 3 aromatic carbocycles. The van der Waals surface area contributed by atoms with Gasteiger partial charge in [-0.1, -0.05) is 42.5 Å². The maximum absolute atomic E-state index is 12.4. The van der Waals surface area contributed by atoms with Gasteiger partial charge in [0.15, 0.2) is 0 Å². The van der Waals surface area contributed by atoms with Crippen molar-refractivity contribution in [2.24, 2.45) is 0 Å². The van der Waals surface area contributed by atoms with E-state index in [-0.39, 0.29) is 5.91 Å². The minimum atomic E-state index is 0.0101. The van der Waals surface area contributed by atoms with E-state index in [9.17, 15) is 4.79 Å². The zero-order valence-corrected chi connectivity index (χ0v) is 13.3. The Morgan fingerprint density at radius 2 is 1.78 bits per heavy atom. The number of benzene rings is 3. The zero-order valence-electron chi connectivity index (χ0n) is 12.5. The monoisotopic (exact) mass is 317 g/mol. The van der Waals surface area contributed by atoms with Crippen molar-refractivity contribution in [3.63, 3.8) is 0 Å². The standard InChI is InChI=1S/C20H15NOS/c22-20(21-17-8-9-19-16(12-17)10-11-23-19)13-15-6-3-5-14-4-1-2-7-18(14)15/h1-12H,13H2,(H,21,22). The van der Waals surface area contributed by atoms with Crippen LogP contribution >= 0.6 is 11.3 Å². The Morgan fingerprint density at radius 3 is 2.74 bits per heavy atom. The van der Waals surface area contributed by atoms with Crippen molar-refractivity contribution in [3.05, 3.63) is 77.7 Å². The molecule has 4 aromatic rings. The lowest BCUT2D eigenvalue weighted by Crippen LogP contribution is -2.14. The highest BCUT2D eigenvalue weighted by Crippen LogP contribution is 2.24. The van der Waals surface area contributed by atoms with Gasteiger partial charge in [-0.3, -0.25) is 4.79 Å². The Labute approximate surface area is 138 Å². The van der Waals surface area contributed by atoms with Crippen LogP contribution in [-0.2, 0) is 11.2 Å². The largest absolute Gasteiger partial charge is 0.326 e. The van der Waals surface area contributed by atoms with Crippen molar-refractivity contribution in [3.8, 4) is 0 Å². The second-order valence-electron chi connectivity index (χ2n) is 5.54. The van der Waals surface area contributed by atoms with Gasteiger partial charge < -0.3 is 5.32 Å². The number of fused-ring (bicyclic) bond motifs is 2. The molecule has 0 spiro atoms. The van der Waals surface area contributed by atoms with Crippen LogP contribution in [0.15, 0.2) is 72.1 Å². The second kappa shape index (κ2) is 5.86. The summed E-state index contributed by atoms with van der Waals surface area (Å²) in [6.07, 6.45) is 0.378. The van der Waals surface area contributed by atoms with E-state index in [1.807, 2.05) is 42.5 Å². The second-order valence-corrected chi connectivity index (χ2v) is 6.48. The van der Waals surface area contributed by atoms with Gasteiger partial charge in [-0.2, -0.15) is 0 Å². The van der Waals surface area contributed by atoms with Crippen LogP contribution in [0.25, 0.3) is 20.9 Å². The highest BCUT2D eigenvalue weighted by atomic mass is 32.1. The quantitative estimate of drug-likeness (QED) is 0.550. The molecule has 1 N–H and O–H groups in total. The molecule has 0 unspecified atom stereocenters. The maximum Gasteiger partial charge on any atom is 0.228 e. The fraction of sp³-hybridized carbons (Fsp3) is 0.0500. The topological polar surface area (TPSA) is 29.1 Å². The molecule has 0 saturated carbocycles. The van der Waals surface area contributed by atoms with Gasteiger partial charge in [0, 0.05) is 10.4 Å². The third kappa shape index (κ3) is 2.83. The van der Waals surface area contributed by atoms with Crippen molar-refractivity contribution in [1.29, 1.82) is 0 Å². The van der Waals surface area contributed by atoms with Crippen LogP contribution < -0.4 is 5.32 Å². The molecule has 0 aliphatic heterocycles. The van der Waals surface area contributed by atoms with E-state index in [0.717, 1.165) is 27.4 Å². The minimum Gasteiger partial charge on any atom is -0.326 e. The lowest BCUT2D eigenvalue weighted by Gasteiger charge is -2.08. The van der Waals surface area contributed by atoms with Gasteiger partial charge in [0.25, 0.3) is 0 Å². The molecule has 3 heteroatoms. The summed E-state index contributed by atoms with van der Waals surface area (Å²) in [4.78, 5) is 12.4. The Morgan fingerprint density at radius 1 is 0.913 bits per heavy atom. The van der Waals surface area contributed by atoms with Crippen molar-refractivity contribution in [2.75, 3.05) is 5.32 Å². The van der Waals surface area contributed by atoms with Crippen molar-refractivity contribution >= 4 is 43.8 Å². The highest BCUT2D eigenvalue weighted by molar-refractivity contribution is 7.17. The molecule has 23 heavy (non-hydrogen) atoms. The molecule has 0 aliphatic rings. The number of hydrogen-bond donors (Lipinski definition) is 1. The fourth-order valence-corrected chi connectivity index (χ4v) is 3.64. The van der Waals surface area contributed by atoms with E-state index >= 15 is 0 Å². The predicted molar refractivity (Wildman–Crippen MR) is 98.1 cm³/mol. The van der Waals surface area contributed by atoms with Gasteiger partial charge in [0.1, 0.15) is 0 Å². The summed E-state index contributed by atoms with van der Waals surface area (Å²) in [5.74, 6) is 0.0101. The van der Waals surface area contributed by atoms with E-state index < -0.39 is 0 Å². The number of anilines is 1. The van der Waals surface area contributed by atoms with E-state index in [1.165, 1.54) is 4.70 Å². The Balaban J connectivity index is 1.57. The number of thiophene rings is 1. The summed E-state index contributed by atoms with van der Waals surface area (Å²) in [7, 11) is 0. The van der Waals surface area contributed by atoms with Crippen molar-refractivity contribution < 1.29 is 4.79 Å². The van der Waals surface area contributed by atoms with Crippen molar-refractivity contribution in [2.45, 2.75) is 6.42 Å². The minimum absolute atomic E-state index is 0.0101.